The molecule has 2 fully saturated rings. The quantitative estimate of drug-likeness (QED) is 0.187. The molecule has 2 aromatic carbocycles. The van der Waals surface area contributed by atoms with Crippen molar-refractivity contribution in [2.45, 2.75) is 77.6 Å². The third kappa shape index (κ3) is 11.3. The molecule has 2 aliphatic rings. The minimum atomic E-state index is -2.46. The molecule has 2 saturated heterocycles. The number of nitrogens with zero attached hydrogens (tertiary/aromatic N) is 4. The van der Waals surface area contributed by atoms with Gasteiger partial charge in [0.1, 0.15) is 11.6 Å². The Kier molecular flexibility index (Phi) is 14.7. The standard InChI is InChI=1S/C36H60F2N4OSi2/c1-5-7-19-39-23-27-41(28-24-39)21-9-31-44(3,35-15-11-33(37)12-16-35)43-45(4,36-17-13-34(38)14-18-36)32-10-22-42-29-25-40(26-30-42)20-8-6-2/h11-18H,5-10,19-32H2,1-4H3. The molecule has 45 heavy (non-hydrogen) atoms. The number of hydrogen-bond acceptors (Lipinski definition) is 5. The van der Waals surface area contributed by atoms with Crippen LogP contribution in [0.3, 0.4) is 0 Å². The molecule has 0 spiro atoms. The van der Waals surface area contributed by atoms with Gasteiger partial charge in [-0.3, -0.25) is 0 Å². The van der Waals surface area contributed by atoms with Crippen molar-refractivity contribution in [1.29, 1.82) is 0 Å². The van der Waals surface area contributed by atoms with E-state index in [1.165, 1.54) is 38.8 Å². The molecule has 0 aromatic heterocycles. The molecule has 0 bridgehead atoms. The normalized spacial score (nSPS) is 20.2. The summed E-state index contributed by atoms with van der Waals surface area (Å²) in [7, 11) is -4.93. The van der Waals surface area contributed by atoms with E-state index in [1.54, 1.807) is 24.3 Å². The first-order valence-corrected chi connectivity index (χ1v) is 23.1. The lowest BCUT2D eigenvalue weighted by atomic mass is 10.2. The third-order valence-electron chi connectivity index (χ3n) is 10.2. The van der Waals surface area contributed by atoms with E-state index < -0.39 is 16.6 Å². The maximum Gasteiger partial charge on any atom is 0.209 e. The summed E-state index contributed by atoms with van der Waals surface area (Å²) in [5.41, 5.74) is 0. The maximum absolute atomic E-state index is 14.1. The van der Waals surface area contributed by atoms with Crippen molar-refractivity contribution in [3.8, 4) is 0 Å². The second-order valence-corrected chi connectivity index (χ2v) is 21.8. The first-order valence-electron chi connectivity index (χ1n) is 17.8. The topological polar surface area (TPSA) is 22.2 Å². The number of halogens is 2. The molecular formula is C36H60F2N4OSi2. The van der Waals surface area contributed by atoms with Crippen LogP contribution in [0.15, 0.2) is 48.5 Å². The summed E-state index contributed by atoms with van der Waals surface area (Å²) in [6.45, 7) is 23.0. The van der Waals surface area contributed by atoms with E-state index in [0.29, 0.717) is 0 Å². The molecule has 2 heterocycles. The van der Waals surface area contributed by atoms with Crippen LogP contribution >= 0.6 is 0 Å². The van der Waals surface area contributed by atoms with Gasteiger partial charge in [-0.05, 0) is 112 Å². The van der Waals surface area contributed by atoms with Crippen molar-refractivity contribution < 1.29 is 12.9 Å². The predicted molar refractivity (Wildman–Crippen MR) is 191 cm³/mol. The Morgan fingerprint density at radius 2 is 0.800 bits per heavy atom. The lowest BCUT2D eigenvalue weighted by Crippen LogP contribution is -2.61. The van der Waals surface area contributed by atoms with E-state index in [1.807, 2.05) is 24.3 Å². The fraction of sp³-hybridized carbons (Fsp3) is 0.667. The number of unbranched alkanes of at least 4 members (excludes halogenated alkanes) is 2. The van der Waals surface area contributed by atoms with Gasteiger partial charge in [-0.2, -0.15) is 0 Å². The predicted octanol–water partition coefficient (Wildman–Crippen LogP) is 5.86. The molecule has 0 saturated carbocycles. The first-order chi connectivity index (χ1) is 21.7. The zero-order valence-corrected chi connectivity index (χ0v) is 30.7. The van der Waals surface area contributed by atoms with Gasteiger partial charge in [0.05, 0.1) is 0 Å². The van der Waals surface area contributed by atoms with E-state index in [0.717, 1.165) is 101 Å². The second kappa shape index (κ2) is 18.2. The van der Waals surface area contributed by atoms with Crippen molar-refractivity contribution >= 4 is 27.0 Å². The highest BCUT2D eigenvalue weighted by atomic mass is 28.4. The van der Waals surface area contributed by atoms with Crippen LogP contribution in [0.2, 0.25) is 25.2 Å². The molecule has 2 atom stereocenters. The summed E-state index contributed by atoms with van der Waals surface area (Å²) in [4.78, 5) is 10.4. The van der Waals surface area contributed by atoms with Crippen LogP contribution in [0.1, 0.15) is 52.4 Å². The second-order valence-electron chi connectivity index (χ2n) is 13.9. The van der Waals surface area contributed by atoms with Crippen LogP contribution in [0, 0.1) is 11.6 Å². The van der Waals surface area contributed by atoms with Gasteiger partial charge in [-0.25, -0.2) is 8.78 Å². The van der Waals surface area contributed by atoms with Crippen LogP contribution in [0.4, 0.5) is 8.78 Å². The lowest BCUT2D eigenvalue weighted by molar-refractivity contribution is 0.131. The van der Waals surface area contributed by atoms with Crippen molar-refractivity contribution in [1.82, 2.24) is 19.6 Å². The summed E-state index contributed by atoms with van der Waals surface area (Å²) >= 11 is 0. The van der Waals surface area contributed by atoms with E-state index in [9.17, 15) is 8.78 Å². The SMILES string of the molecule is CCCCN1CCN(CCC[Si](C)(O[Si](C)(CCCN2CCN(CCCC)CC2)c2ccc(F)cc2)c2ccc(F)cc2)CC1. The van der Waals surface area contributed by atoms with Crippen LogP contribution in [0.25, 0.3) is 0 Å². The van der Waals surface area contributed by atoms with Gasteiger partial charge in [0.25, 0.3) is 0 Å². The Hall–Kier alpha value is -1.47. The maximum atomic E-state index is 14.1. The summed E-state index contributed by atoms with van der Waals surface area (Å²) < 4.78 is 35.7. The van der Waals surface area contributed by atoms with E-state index in [4.69, 9.17) is 4.12 Å². The van der Waals surface area contributed by atoms with Crippen LogP contribution in [-0.2, 0) is 4.12 Å². The number of rotatable bonds is 18. The molecule has 2 unspecified atom stereocenters. The molecule has 4 rings (SSSR count). The molecule has 9 heteroatoms. The zero-order valence-electron chi connectivity index (χ0n) is 28.7. The monoisotopic (exact) mass is 658 g/mol. The molecule has 0 aliphatic carbocycles. The van der Waals surface area contributed by atoms with Gasteiger partial charge in [-0.1, -0.05) is 51.0 Å². The molecule has 5 nitrogen and oxygen atoms in total. The van der Waals surface area contributed by atoms with Gasteiger partial charge in [0.2, 0.25) is 16.6 Å². The van der Waals surface area contributed by atoms with Crippen LogP contribution in [-0.4, -0.2) is 115 Å². The Balaban J connectivity index is 1.43. The highest BCUT2D eigenvalue weighted by Gasteiger charge is 2.42. The fourth-order valence-electron chi connectivity index (χ4n) is 7.13. The molecule has 0 amide bonds. The summed E-state index contributed by atoms with van der Waals surface area (Å²) in [5, 5.41) is 2.33. The Morgan fingerprint density at radius 1 is 0.511 bits per heavy atom. The van der Waals surface area contributed by atoms with Crippen LogP contribution < -0.4 is 10.4 Å². The average molecular weight is 659 g/mol. The van der Waals surface area contributed by atoms with Gasteiger partial charge >= 0.3 is 0 Å². The molecular weight excluding hydrogens is 599 g/mol. The Morgan fingerprint density at radius 3 is 1.09 bits per heavy atom. The summed E-state index contributed by atoms with van der Waals surface area (Å²) in [6, 6.07) is 16.2. The smallest absolute Gasteiger partial charge is 0.209 e. The molecule has 252 valence electrons. The van der Waals surface area contributed by atoms with E-state index in [2.05, 4.69) is 46.5 Å². The van der Waals surface area contributed by atoms with Crippen molar-refractivity contribution in [3.63, 3.8) is 0 Å². The number of hydrogen-bond donors (Lipinski definition) is 0. The lowest BCUT2D eigenvalue weighted by Gasteiger charge is -2.41. The third-order valence-corrected chi connectivity index (χ3v) is 19.5. The Bertz CT molecular complexity index is 1020. The molecule has 2 aromatic rings. The molecule has 0 N–H and O–H groups in total. The highest BCUT2D eigenvalue weighted by Crippen LogP contribution is 2.26. The van der Waals surface area contributed by atoms with Gasteiger partial charge in [0, 0.05) is 52.4 Å². The fourth-order valence-corrected chi connectivity index (χ4v) is 16.9. The van der Waals surface area contributed by atoms with Crippen LogP contribution in [0.5, 0.6) is 0 Å². The minimum Gasteiger partial charge on any atom is -0.448 e. The molecule has 0 radical (unpaired) electrons. The summed E-state index contributed by atoms with van der Waals surface area (Å²) in [6.07, 6.45) is 7.22. The highest BCUT2D eigenvalue weighted by molar-refractivity contribution is 6.97. The van der Waals surface area contributed by atoms with Gasteiger partial charge in [0.15, 0.2) is 0 Å². The van der Waals surface area contributed by atoms with Gasteiger partial charge < -0.3 is 23.7 Å². The number of benzene rings is 2. The van der Waals surface area contributed by atoms with E-state index in [-0.39, 0.29) is 11.6 Å². The largest absolute Gasteiger partial charge is 0.448 e. The summed E-state index contributed by atoms with van der Waals surface area (Å²) in [5.74, 6) is -0.409. The van der Waals surface area contributed by atoms with Crippen molar-refractivity contribution in [2.75, 3.05) is 78.5 Å². The average Bonchev–Trinajstić information content (AvgIpc) is 3.04. The van der Waals surface area contributed by atoms with Crippen molar-refractivity contribution in [3.05, 3.63) is 60.2 Å². The first kappa shape index (κ1) is 36.4. The van der Waals surface area contributed by atoms with E-state index >= 15 is 0 Å². The van der Waals surface area contributed by atoms with Crippen molar-refractivity contribution in [2.24, 2.45) is 0 Å². The Labute approximate surface area is 275 Å². The van der Waals surface area contributed by atoms with Gasteiger partial charge in [-0.15, -0.1) is 0 Å². The minimum absolute atomic E-state index is 0.204. The number of piperazine rings is 2. The zero-order chi connectivity index (χ0) is 32.1. The molecule has 2 aliphatic heterocycles.